The molecule has 1 N–H and O–H groups in total. The molecule has 0 aliphatic carbocycles. The van der Waals surface area contributed by atoms with Crippen molar-refractivity contribution in [1.29, 1.82) is 5.41 Å². The van der Waals surface area contributed by atoms with Crippen molar-refractivity contribution in [1.82, 2.24) is 4.90 Å². The fourth-order valence-electron chi connectivity index (χ4n) is 1.29. The van der Waals surface area contributed by atoms with E-state index in [9.17, 15) is 4.79 Å². The van der Waals surface area contributed by atoms with Crippen LogP contribution in [0.4, 0.5) is 4.79 Å². The molecule has 1 amide bonds. The van der Waals surface area contributed by atoms with Gasteiger partial charge in [0.1, 0.15) is 5.60 Å². The summed E-state index contributed by atoms with van der Waals surface area (Å²) in [4.78, 5) is 13.2. The molecule has 0 saturated carbocycles. The Kier molecular flexibility index (Phi) is 3.13. The lowest BCUT2D eigenvalue weighted by atomic mass is 10.1. The molecular formula is C10H18N2O2. The summed E-state index contributed by atoms with van der Waals surface area (Å²) < 4.78 is 5.23. The first-order valence-corrected chi connectivity index (χ1v) is 4.93. The number of ether oxygens (including phenoxy) is 1. The van der Waals surface area contributed by atoms with Gasteiger partial charge in [-0.15, -0.1) is 0 Å². The van der Waals surface area contributed by atoms with Crippen LogP contribution in [0.2, 0.25) is 0 Å². The van der Waals surface area contributed by atoms with Crippen LogP contribution in [0.15, 0.2) is 0 Å². The summed E-state index contributed by atoms with van der Waals surface area (Å²) in [6.45, 7) is 6.81. The molecule has 1 rings (SSSR count). The van der Waals surface area contributed by atoms with E-state index in [4.69, 9.17) is 10.1 Å². The number of piperidine rings is 1. The highest BCUT2D eigenvalue weighted by Crippen LogP contribution is 2.13. The largest absolute Gasteiger partial charge is 0.444 e. The van der Waals surface area contributed by atoms with Gasteiger partial charge >= 0.3 is 6.09 Å². The van der Waals surface area contributed by atoms with E-state index in [1.807, 2.05) is 20.8 Å². The quantitative estimate of drug-likeness (QED) is 0.647. The number of nitrogens with one attached hydrogen (secondary N) is 1. The molecule has 1 heterocycles. The van der Waals surface area contributed by atoms with Gasteiger partial charge in [0, 0.05) is 31.6 Å². The Hall–Kier alpha value is -1.06. The van der Waals surface area contributed by atoms with Gasteiger partial charge in [0.15, 0.2) is 0 Å². The van der Waals surface area contributed by atoms with Crippen molar-refractivity contribution >= 4 is 11.8 Å². The highest BCUT2D eigenvalue weighted by molar-refractivity contribution is 5.84. The van der Waals surface area contributed by atoms with E-state index < -0.39 is 5.60 Å². The summed E-state index contributed by atoms with van der Waals surface area (Å²) in [6.07, 6.45) is 1.10. The molecule has 4 heteroatoms. The fourth-order valence-corrected chi connectivity index (χ4v) is 1.29. The van der Waals surface area contributed by atoms with Gasteiger partial charge in [-0.2, -0.15) is 0 Å². The van der Waals surface area contributed by atoms with E-state index in [0.717, 1.165) is 5.71 Å². The van der Waals surface area contributed by atoms with Crippen molar-refractivity contribution in [2.75, 3.05) is 13.1 Å². The average Bonchev–Trinajstić information content (AvgIpc) is 2.02. The van der Waals surface area contributed by atoms with Gasteiger partial charge in [-0.1, -0.05) is 0 Å². The number of hydrogen-bond acceptors (Lipinski definition) is 3. The first kappa shape index (κ1) is 11.0. The normalized spacial score (nSPS) is 18.2. The molecule has 0 spiro atoms. The van der Waals surface area contributed by atoms with Crippen molar-refractivity contribution in [3.05, 3.63) is 0 Å². The van der Waals surface area contributed by atoms with Crippen molar-refractivity contribution in [3.63, 3.8) is 0 Å². The van der Waals surface area contributed by atoms with Crippen molar-refractivity contribution in [2.45, 2.75) is 39.2 Å². The first-order chi connectivity index (χ1) is 6.38. The maximum absolute atomic E-state index is 11.6. The molecule has 80 valence electrons. The third-order valence-corrected chi connectivity index (χ3v) is 2.02. The van der Waals surface area contributed by atoms with Crippen LogP contribution in [0.1, 0.15) is 33.6 Å². The Balaban J connectivity index is 2.42. The number of carbonyl (C=O) groups excluding carboxylic acids is 1. The summed E-state index contributed by atoms with van der Waals surface area (Å²) in [6, 6.07) is 0. The van der Waals surface area contributed by atoms with Crippen LogP contribution in [-0.2, 0) is 4.74 Å². The smallest absolute Gasteiger partial charge is 0.410 e. The van der Waals surface area contributed by atoms with Gasteiger partial charge in [-0.05, 0) is 20.8 Å². The maximum atomic E-state index is 11.6. The Labute approximate surface area is 84.7 Å². The Morgan fingerprint density at radius 2 is 1.86 bits per heavy atom. The zero-order valence-electron chi connectivity index (χ0n) is 9.09. The van der Waals surface area contributed by atoms with E-state index in [1.54, 1.807) is 4.90 Å². The maximum Gasteiger partial charge on any atom is 0.410 e. The minimum Gasteiger partial charge on any atom is -0.444 e. The number of likely N-dealkylation sites (tertiary alicyclic amines) is 1. The second-order valence-electron chi connectivity index (χ2n) is 4.57. The lowest BCUT2D eigenvalue weighted by Gasteiger charge is -2.30. The number of amides is 1. The van der Waals surface area contributed by atoms with Crippen molar-refractivity contribution < 1.29 is 9.53 Å². The topological polar surface area (TPSA) is 53.4 Å². The summed E-state index contributed by atoms with van der Waals surface area (Å²) in [5.41, 5.74) is 0.298. The van der Waals surface area contributed by atoms with Crippen LogP contribution in [0, 0.1) is 5.41 Å². The van der Waals surface area contributed by atoms with Gasteiger partial charge < -0.3 is 15.0 Å². The van der Waals surface area contributed by atoms with Crippen LogP contribution in [0.5, 0.6) is 0 Å². The molecule has 1 fully saturated rings. The third-order valence-electron chi connectivity index (χ3n) is 2.02. The Bertz CT molecular complexity index is 233. The van der Waals surface area contributed by atoms with Crippen molar-refractivity contribution in [3.8, 4) is 0 Å². The van der Waals surface area contributed by atoms with E-state index in [-0.39, 0.29) is 6.09 Å². The van der Waals surface area contributed by atoms with E-state index in [0.29, 0.717) is 25.9 Å². The van der Waals surface area contributed by atoms with Gasteiger partial charge in [0.05, 0.1) is 0 Å². The zero-order valence-corrected chi connectivity index (χ0v) is 9.09. The molecule has 0 aromatic rings. The molecule has 0 atom stereocenters. The first-order valence-electron chi connectivity index (χ1n) is 4.93. The zero-order chi connectivity index (χ0) is 10.8. The van der Waals surface area contributed by atoms with Gasteiger partial charge in [0.2, 0.25) is 0 Å². The lowest BCUT2D eigenvalue weighted by Crippen LogP contribution is -2.41. The predicted octanol–water partition coefficient (Wildman–Crippen LogP) is 2.04. The molecule has 0 radical (unpaired) electrons. The Morgan fingerprint density at radius 1 is 1.36 bits per heavy atom. The molecule has 0 aromatic carbocycles. The minimum atomic E-state index is -0.429. The summed E-state index contributed by atoms with van der Waals surface area (Å²) >= 11 is 0. The molecule has 1 saturated heterocycles. The monoisotopic (exact) mass is 198 g/mol. The minimum absolute atomic E-state index is 0.259. The molecule has 14 heavy (non-hydrogen) atoms. The van der Waals surface area contributed by atoms with Gasteiger partial charge in [-0.25, -0.2) is 4.79 Å². The molecule has 1 aliphatic heterocycles. The lowest BCUT2D eigenvalue weighted by molar-refractivity contribution is 0.0249. The molecule has 0 aromatic heterocycles. The number of nitrogens with zero attached hydrogens (tertiary/aromatic N) is 1. The number of rotatable bonds is 0. The highest BCUT2D eigenvalue weighted by Gasteiger charge is 2.24. The SMILES string of the molecule is CC(C)(C)OC(=O)N1CCC(=N)CC1. The molecular weight excluding hydrogens is 180 g/mol. The average molecular weight is 198 g/mol. The van der Waals surface area contributed by atoms with Crippen molar-refractivity contribution in [2.24, 2.45) is 0 Å². The van der Waals surface area contributed by atoms with E-state index in [2.05, 4.69) is 0 Å². The van der Waals surface area contributed by atoms with Gasteiger partial charge in [0.25, 0.3) is 0 Å². The van der Waals surface area contributed by atoms with Crippen LogP contribution in [0.25, 0.3) is 0 Å². The third kappa shape index (κ3) is 3.36. The predicted molar refractivity (Wildman–Crippen MR) is 54.8 cm³/mol. The van der Waals surface area contributed by atoms with Gasteiger partial charge in [-0.3, -0.25) is 0 Å². The molecule has 0 bridgehead atoms. The van der Waals surface area contributed by atoms with Crippen LogP contribution in [0.3, 0.4) is 0 Å². The molecule has 0 unspecified atom stereocenters. The summed E-state index contributed by atoms with van der Waals surface area (Å²) in [7, 11) is 0. The van der Waals surface area contributed by atoms with Crippen LogP contribution < -0.4 is 0 Å². The second kappa shape index (κ2) is 3.98. The number of hydrogen-bond donors (Lipinski definition) is 1. The fraction of sp³-hybridized carbons (Fsp3) is 0.800. The molecule has 4 nitrogen and oxygen atoms in total. The Morgan fingerprint density at radius 3 is 2.29 bits per heavy atom. The van der Waals surface area contributed by atoms with Crippen LogP contribution >= 0.6 is 0 Å². The highest BCUT2D eigenvalue weighted by atomic mass is 16.6. The standard InChI is InChI=1S/C10H18N2O2/c1-10(2,3)14-9(13)12-6-4-8(11)5-7-12/h11H,4-7H2,1-3H3. The van der Waals surface area contributed by atoms with Crippen LogP contribution in [-0.4, -0.2) is 35.4 Å². The summed E-state index contributed by atoms with van der Waals surface area (Å²) in [5.74, 6) is 0. The number of carbonyl (C=O) groups is 1. The van der Waals surface area contributed by atoms with E-state index >= 15 is 0 Å². The van der Waals surface area contributed by atoms with E-state index in [1.165, 1.54) is 0 Å². The summed E-state index contributed by atoms with van der Waals surface area (Å²) in [5, 5.41) is 7.42. The molecule has 1 aliphatic rings. The second-order valence-corrected chi connectivity index (χ2v) is 4.57.